The summed E-state index contributed by atoms with van der Waals surface area (Å²) in [4.78, 5) is 16.3. The number of aromatic nitrogens is 2. The molecule has 0 saturated heterocycles. The maximum Gasteiger partial charge on any atom is 0.268 e. The van der Waals surface area contributed by atoms with E-state index in [9.17, 15) is 18.5 Å². The number of anilines is 1. The molecule has 0 aliphatic rings. The summed E-state index contributed by atoms with van der Waals surface area (Å²) < 4.78 is 44.2. The van der Waals surface area contributed by atoms with Crippen molar-refractivity contribution in [2.75, 3.05) is 31.4 Å². The molecule has 1 heterocycles. The first-order valence-corrected chi connectivity index (χ1v) is 13.2. The Balaban J connectivity index is 1.64. The molecule has 0 fully saturated rings. The quantitative estimate of drug-likeness (QED) is 0.224. The van der Waals surface area contributed by atoms with Gasteiger partial charge >= 0.3 is 0 Å². The number of nitriles is 1. The van der Waals surface area contributed by atoms with Gasteiger partial charge in [0.05, 0.1) is 12.9 Å². The van der Waals surface area contributed by atoms with Crippen molar-refractivity contribution in [1.82, 2.24) is 9.36 Å². The second-order valence-corrected chi connectivity index (χ2v) is 10.3. The van der Waals surface area contributed by atoms with Crippen LogP contribution in [0.4, 0.5) is 5.13 Å². The highest BCUT2D eigenvalue weighted by Crippen LogP contribution is 2.29. The van der Waals surface area contributed by atoms with Crippen molar-refractivity contribution in [3.63, 3.8) is 0 Å². The van der Waals surface area contributed by atoms with Gasteiger partial charge in [-0.1, -0.05) is 30.7 Å². The maximum atomic E-state index is 12.5. The van der Waals surface area contributed by atoms with E-state index in [4.69, 9.17) is 14.2 Å². The number of nitrogens with zero attached hydrogens (tertiary/aromatic N) is 3. The molecule has 0 saturated carbocycles. The van der Waals surface area contributed by atoms with E-state index in [1.807, 2.05) is 37.3 Å². The summed E-state index contributed by atoms with van der Waals surface area (Å²) in [6, 6.07) is 14.5. The average molecular weight is 529 g/mol. The molecule has 3 aromatic rings. The highest BCUT2D eigenvalue weighted by molar-refractivity contribution is 7.91. The van der Waals surface area contributed by atoms with Crippen molar-refractivity contribution in [2.45, 2.75) is 19.0 Å². The predicted octanol–water partition coefficient (Wildman–Crippen LogP) is 3.65. The minimum absolute atomic E-state index is 0.0256. The first-order chi connectivity index (χ1) is 17.2. The number of benzene rings is 2. The number of hydrogen-bond donors (Lipinski definition) is 1. The first kappa shape index (κ1) is 26.7. The van der Waals surface area contributed by atoms with Gasteiger partial charge in [0.1, 0.15) is 30.6 Å². The molecule has 0 unspecified atom stereocenters. The van der Waals surface area contributed by atoms with Gasteiger partial charge in [-0.05, 0) is 42.8 Å². The third kappa shape index (κ3) is 7.03. The summed E-state index contributed by atoms with van der Waals surface area (Å²) in [7, 11) is -2.12. The van der Waals surface area contributed by atoms with Crippen LogP contribution in [0.2, 0.25) is 0 Å². The van der Waals surface area contributed by atoms with E-state index in [0.29, 0.717) is 35.2 Å². The van der Waals surface area contributed by atoms with Crippen molar-refractivity contribution < 1.29 is 27.4 Å². The van der Waals surface area contributed by atoms with Crippen LogP contribution >= 0.6 is 11.5 Å². The van der Waals surface area contributed by atoms with Gasteiger partial charge in [-0.3, -0.25) is 10.1 Å². The number of nitrogens with one attached hydrogen (secondary N) is 1. The summed E-state index contributed by atoms with van der Waals surface area (Å²) in [6.07, 6.45) is 1.37. The van der Waals surface area contributed by atoms with E-state index < -0.39 is 15.7 Å². The molecule has 0 radical (unpaired) electrons. The van der Waals surface area contributed by atoms with Crippen molar-refractivity contribution in [1.29, 1.82) is 5.26 Å². The topological polar surface area (TPSA) is 140 Å². The highest BCUT2D eigenvalue weighted by Gasteiger charge is 2.20. The van der Waals surface area contributed by atoms with Crippen molar-refractivity contribution >= 4 is 38.5 Å². The Morgan fingerprint density at radius 2 is 1.86 bits per heavy atom. The molecule has 0 bridgehead atoms. The Bertz CT molecular complexity index is 1390. The van der Waals surface area contributed by atoms with E-state index in [0.717, 1.165) is 11.3 Å². The lowest BCUT2D eigenvalue weighted by Crippen LogP contribution is -2.14. The zero-order valence-corrected chi connectivity index (χ0v) is 21.5. The lowest BCUT2D eigenvalue weighted by molar-refractivity contribution is -0.112. The molecule has 0 spiro atoms. The summed E-state index contributed by atoms with van der Waals surface area (Å²) in [5.41, 5.74) is 1.45. The number of methoxy groups -OCH3 is 1. The highest BCUT2D eigenvalue weighted by atomic mass is 32.2. The molecule has 12 heteroatoms. The third-order valence-electron chi connectivity index (χ3n) is 4.78. The Morgan fingerprint density at radius 3 is 2.53 bits per heavy atom. The van der Waals surface area contributed by atoms with Crippen LogP contribution in [0.15, 0.2) is 53.2 Å². The largest absolute Gasteiger partial charge is 0.493 e. The number of carbonyl (C=O) groups excluding carboxylic acids is 1. The van der Waals surface area contributed by atoms with Gasteiger partial charge in [0.15, 0.2) is 11.5 Å². The van der Waals surface area contributed by atoms with E-state index in [1.165, 1.54) is 20.1 Å². The van der Waals surface area contributed by atoms with E-state index in [-0.39, 0.29) is 28.2 Å². The monoisotopic (exact) mass is 528 g/mol. The first-order valence-electron chi connectivity index (χ1n) is 10.8. The van der Waals surface area contributed by atoms with Crippen LogP contribution in [-0.4, -0.2) is 49.8 Å². The van der Waals surface area contributed by atoms with Gasteiger partial charge in [0.2, 0.25) is 15.0 Å². The lowest BCUT2D eigenvalue weighted by Gasteiger charge is -2.12. The lowest BCUT2D eigenvalue weighted by atomic mass is 10.1. The Morgan fingerprint density at radius 1 is 1.14 bits per heavy atom. The summed E-state index contributed by atoms with van der Waals surface area (Å²) in [5.74, 6) is 0.721. The number of amides is 1. The van der Waals surface area contributed by atoms with Gasteiger partial charge in [0, 0.05) is 11.5 Å². The Kier molecular flexibility index (Phi) is 8.99. The molecule has 0 aliphatic carbocycles. The zero-order chi connectivity index (χ0) is 26.1. The fourth-order valence-corrected chi connectivity index (χ4v) is 4.42. The van der Waals surface area contributed by atoms with Crippen molar-refractivity contribution in [3.8, 4) is 23.3 Å². The molecule has 188 valence electrons. The van der Waals surface area contributed by atoms with Crippen LogP contribution in [0.25, 0.3) is 6.08 Å². The summed E-state index contributed by atoms with van der Waals surface area (Å²) in [5, 5.41) is 11.5. The number of hydrogen-bond acceptors (Lipinski definition) is 10. The van der Waals surface area contributed by atoms with Crippen LogP contribution < -0.4 is 19.5 Å². The minimum Gasteiger partial charge on any atom is -0.493 e. The molecule has 0 aliphatic heterocycles. The number of rotatable bonds is 11. The molecule has 1 N–H and O–H groups in total. The van der Waals surface area contributed by atoms with Crippen LogP contribution in [0.1, 0.15) is 18.1 Å². The maximum absolute atomic E-state index is 12.5. The van der Waals surface area contributed by atoms with Crippen LogP contribution in [0, 0.1) is 18.3 Å². The van der Waals surface area contributed by atoms with Gasteiger partial charge < -0.3 is 14.2 Å². The SMILES string of the molecule is CCS(=O)(=O)c1nsc(NC(=O)C(C#N)=Cc2ccc(OCCOc3ccc(C)cc3)c(OC)c2)n1. The summed E-state index contributed by atoms with van der Waals surface area (Å²) in [6.45, 7) is 4.08. The predicted molar refractivity (Wildman–Crippen MR) is 135 cm³/mol. The molecular weight excluding hydrogens is 504 g/mol. The minimum atomic E-state index is -3.60. The van der Waals surface area contributed by atoms with Gasteiger partial charge in [-0.15, -0.1) is 0 Å². The smallest absolute Gasteiger partial charge is 0.268 e. The van der Waals surface area contributed by atoms with Gasteiger partial charge in [-0.2, -0.15) is 14.6 Å². The molecule has 10 nitrogen and oxygen atoms in total. The molecule has 3 rings (SSSR count). The zero-order valence-electron chi connectivity index (χ0n) is 19.8. The molecule has 0 atom stereocenters. The van der Waals surface area contributed by atoms with E-state index in [1.54, 1.807) is 18.2 Å². The number of carbonyl (C=O) groups is 1. The number of sulfone groups is 1. The second kappa shape index (κ2) is 12.1. The normalized spacial score (nSPS) is 11.4. The number of ether oxygens (including phenoxy) is 3. The van der Waals surface area contributed by atoms with Crippen LogP contribution in [-0.2, 0) is 14.6 Å². The number of aryl methyl sites for hydroxylation is 1. The fourth-order valence-electron chi connectivity index (χ4n) is 2.83. The molecule has 1 aromatic heterocycles. The van der Waals surface area contributed by atoms with Gasteiger partial charge in [0.25, 0.3) is 11.1 Å². The van der Waals surface area contributed by atoms with E-state index in [2.05, 4.69) is 14.7 Å². The van der Waals surface area contributed by atoms with Crippen LogP contribution in [0.3, 0.4) is 0 Å². The third-order valence-corrected chi connectivity index (χ3v) is 7.03. The Labute approximate surface area is 213 Å². The van der Waals surface area contributed by atoms with E-state index >= 15 is 0 Å². The van der Waals surface area contributed by atoms with Gasteiger partial charge in [-0.25, -0.2) is 8.42 Å². The Hall–Kier alpha value is -3.95. The second-order valence-electron chi connectivity index (χ2n) is 7.33. The van der Waals surface area contributed by atoms with Crippen molar-refractivity contribution in [3.05, 3.63) is 59.2 Å². The average Bonchev–Trinajstić information content (AvgIpc) is 3.36. The molecule has 36 heavy (non-hydrogen) atoms. The van der Waals surface area contributed by atoms with Crippen LogP contribution in [0.5, 0.6) is 17.2 Å². The summed E-state index contributed by atoms with van der Waals surface area (Å²) >= 11 is 0.715. The standard InChI is InChI=1S/C24H24N4O6S2/c1-4-36(30,31)24-27-23(35-28-24)26-22(29)18(15-25)13-17-7-10-20(21(14-17)32-3)34-12-11-33-19-8-5-16(2)6-9-19/h5-10,13-14H,4,11-12H2,1-3H3,(H,26,27,28,29). The fraction of sp³-hybridized carbons (Fsp3) is 0.250. The molecule has 2 aromatic carbocycles. The van der Waals surface area contributed by atoms with Crippen molar-refractivity contribution in [2.24, 2.45) is 0 Å². The molecular formula is C24H24N4O6S2. The molecule has 1 amide bonds.